The zero-order valence-corrected chi connectivity index (χ0v) is 11.9. The van der Waals surface area contributed by atoms with E-state index in [1.54, 1.807) is 23.9 Å². The van der Waals surface area contributed by atoms with Gasteiger partial charge in [-0.15, -0.1) is 0 Å². The molecular weight excluding hydrogens is 264 g/mol. The summed E-state index contributed by atoms with van der Waals surface area (Å²) in [5, 5.41) is 11.3. The van der Waals surface area contributed by atoms with Crippen LogP contribution in [0, 0.1) is 10.1 Å². The third-order valence-electron chi connectivity index (χ3n) is 2.50. The normalized spacial score (nSPS) is 21.4. The molecule has 1 atom stereocenters. The van der Waals surface area contributed by atoms with Crippen LogP contribution in [0.25, 0.3) is 0 Å². The van der Waals surface area contributed by atoms with Crippen LogP contribution in [0.5, 0.6) is 0 Å². The molecule has 0 amide bonds. The van der Waals surface area contributed by atoms with E-state index in [0.717, 1.165) is 11.3 Å². The molecule has 0 aromatic heterocycles. The molecule has 0 aliphatic carbocycles. The van der Waals surface area contributed by atoms with Gasteiger partial charge in [0.25, 0.3) is 5.69 Å². The summed E-state index contributed by atoms with van der Waals surface area (Å²) in [6.45, 7) is 6.05. The molecule has 1 saturated heterocycles. The fraction of sp³-hybridized carbons (Fsp3) is 0.462. The van der Waals surface area contributed by atoms with Crippen molar-refractivity contribution >= 4 is 22.7 Å². The molecule has 1 aliphatic heterocycles. The van der Waals surface area contributed by atoms with Gasteiger partial charge in [0.2, 0.25) is 5.23 Å². The lowest BCUT2D eigenvalue weighted by atomic mass is 10.1. The standard InChI is InChI=1S/C13H16N2O3S/c1-13(2,3)14-12-18-11(8-19-12)9-4-6-10(7-5-9)15(16)17/h4-7,11H,8H2,1-3H3. The van der Waals surface area contributed by atoms with E-state index in [9.17, 15) is 10.1 Å². The van der Waals surface area contributed by atoms with Crippen LogP contribution in [0.15, 0.2) is 29.3 Å². The highest BCUT2D eigenvalue weighted by Gasteiger charge is 2.26. The Kier molecular flexibility index (Phi) is 3.80. The van der Waals surface area contributed by atoms with Crippen molar-refractivity contribution in [2.24, 2.45) is 4.99 Å². The number of nitrogens with zero attached hydrogens (tertiary/aromatic N) is 2. The van der Waals surface area contributed by atoms with E-state index in [1.165, 1.54) is 12.1 Å². The summed E-state index contributed by atoms with van der Waals surface area (Å²) in [7, 11) is 0. The summed E-state index contributed by atoms with van der Waals surface area (Å²) in [5.74, 6) is 0.784. The van der Waals surface area contributed by atoms with Crippen LogP contribution in [0.3, 0.4) is 0 Å². The van der Waals surface area contributed by atoms with Crippen molar-refractivity contribution in [3.8, 4) is 0 Å². The molecule has 1 heterocycles. The van der Waals surface area contributed by atoms with E-state index >= 15 is 0 Å². The molecular formula is C13H16N2O3S. The van der Waals surface area contributed by atoms with Gasteiger partial charge in [-0.2, -0.15) is 0 Å². The minimum Gasteiger partial charge on any atom is -0.464 e. The maximum absolute atomic E-state index is 10.6. The van der Waals surface area contributed by atoms with Gasteiger partial charge in [-0.05, 0) is 38.5 Å². The van der Waals surface area contributed by atoms with Gasteiger partial charge in [0.05, 0.1) is 10.5 Å². The average molecular weight is 280 g/mol. The fourth-order valence-electron chi connectivity index (χ4n) is 1.64. The maximum Gasteiger partial charge on any atom is 0.269 e. The number of rotatable bonds is 2. The van der Waals surface area contributed by atoms with Gasteiger partial charge in [-0.3, -0.25) is 10.1 Å². The Labute approximate surface area is 116 Å². The monoisotopic (exact) mass is 280 g/mol. The zero-order chi connectivity index (χ0) is 14.0. The molecule has 1 aliphatic rings. The Balaban J connectivity index is 2.09. The highest BCUT2D eigenvalue weighted by molar-refractivity contribution is 8.13. The zero-order valence-electron chi connectivity index (χ0n) is 11.1. The Morgan fingerprint density at radius 2 is 2.00 bits per heavy atom. The Morgan fingerprint density at radius 3 is 2.53 bits per heavy atom. The minimum absolute atomic E-state index is 0.0769. The van der Waals surface area contributed by atoms with E-state index in [0.29, 0.717) is 5.23 Å². The summed E-state index contributed by atoms with van der Waals surface area (Å²) in [5.41, 5.74) is 0.877. The molecule has 0 bridgehead atoms. The maximum atomic E-state index is 10.6. The molecule has 1 fully saturated rings. The van der Waals surface area contributed by atoms with E-state index in [2.05, 4.69) is 4.99 Å². The smallest absolute Gasteiger partial charge is 0.269 e. The number of hydrogen-bond donors (Lipinski definition) is 0. The predicted molar refractivity (Wildman–Crippen MR) is 76.6 cm³/mol. The summed E-state index contributed by atoms with van der Waals surface area (Å²) in [6.07, 6.45) is -0.0769. The summed E-state index contributed by atoms with van der Waals surface area (Å²) < 4.78 is 5.77. The van der Waals surface area contributed by atoms with Crippen LogP contribution in [-0.4, -0.2) is 21.4 Å². The molecule has 1 aromatic rings. The first-order valence-electron chi connectivity index (χ1n) is 5.99. The second-order valence-electron chi connectivity index (χ2n) is 5.31. The van der Waals surface area contributed by atoms with Crippen molar-refractivity contribution in [2.75, 3.05) is 5.75 Å². The Bertz CT molecular complexity index is 506. The SMILES string of the molecule is CC(C)(C)N=C1OC(c2ccc([N+](=O)[O-])cc2)CS1. The summed E-state index contributed by atoms with van der Waals surface area (Å²) in [6, 6.07) is 6.48. The molecule has 5 nitrogen and oxygen atoms in total. The Morgan fingerprint density at radius 1 is 1.37 bits per heavy atom. The quantitative estimate of drug-likeness (QED) is 0.613. The van der Waals surface area contributed by atoms with Crippen LogP contribution >= 0.6 is 11.8 Å². The highest BCUT2D eigenvalue weighted by atomic mass is 32.2. The number of thioether (sulfide) groups is 1. The Hall–Kier alpha value is -1.56. The lowest BCUT2D eigenvalue weighted by Crippen LogP contribution is -2.12. The topological polar surface area (TPSA) is 64.7 Å². The third-order valence-corrected chi connectivity index (χ3v) is 3.41. The van der Waals surface area contributed by atoms with Crippen molar-refractivity contribution < 1.29 is 9.66 Å². The van der Waals surface area contributed by atoms with Crippen LogP contribution in [-0.2, 0) is 4.74 Å². The van der Waals surface area contributed by atoms with Gasteiger partial charge < -0.3 is 4.74 Å². The molecule has 102 valence electrons. The van der Waals surface area contributed by atoms with Crippen molar-refractivity contribution in [2.45, 2.75) is 32.4 Å². The van der Waals surface area contributed by atoms with Crippen molar-refractivity contribution in [1.29, 1.82) is 0 Å². The molecule has 1 unspecified atom stereocenters. The molecule has 0 N–H and O–H groups in total. The minimum atomic E-state index is -0.402. The molecule has 6 heteroatoms. The van der Waals surface area contributed by atoms with Gasteiger partial charge in [0.15, 0.2) is 0 Å². The van der Waals surface area contributed by atoms with Gasteiger partial charge >= 0.3 is 0 Å². The summed E-state index contributed by atoms with van der Waals surface area (Å²) in [4.78, 5) is 14.7. The van der Waals surface area contributed by atoms with E-state index < -0.39 is 4.92 Å². The molecule has 0 radical (unpaired) electrons. The molecule has 19 heavy (non-hydrogen) atoms. The van der Waals surface area contributed by atoms with Crippen molar-refractivity contribution in [3.05, 3.63) is 39.9 Å². The summed E-state index contributed by atoms with van der Waals surface area (Å²) >= 11 is 1.58. The number of aliphatic imine (C=N–C) groups is 1. The molecule has 0 saturated carbocycles. The van der Waals surface area contributed by atoms with E-state index in [-0.39, 0.29) is 17.3 Å². The van der Waals surface area contributed by atoms with Crippen molar-refractivity contribution in [3.63, 3.8) is 0 Å². The number of hydrogen-bond acceptors (Lipinski definition) is 5. The van der Waals surface area contributed by atoms with Gasteiger partial charge in [0, 0.05) is 17.9 Å². The van der Waals surface area contributed by atoms with Crippen LogP contribution in [0.1, 0.15) is 32.4 Å². The number of ether oxygens (including phenoxy) is 1. The fourth-order valence-corrected chi connectivity index (χ4v) is 2.72. The molecule has 1 aromatic carbocycles. The van der Waals surface area contributed by atoms with E-state index in [4.69, 9.17) is 4.74 Å². The molecule has 2 rings (SSSR count). The lowest BCUT2D eigenvalue weighted by molar-refractivity contribution is -0.384. The van der Waals surface area contributed by atoms with Crippen LogP contribution < -0.4 is 0 Å². The second kappa shape index (κ2) is 5.21. The van der Waals surface area contributed by atoms with Crippen molar-refractivity contribution in [1.82, 2.24) is 0 Å². The highest BCUT2D eigenvalue weighted by Crippen LogP contribution is 2.33. The number of benzene rings is 1. The number of non-ortho nitro benzene ring substituents is 1. The second-order valence-corrected chi connectivity index (χ2v) is 6.29. The van der Waals surface area contributed by atoms with E-state index in [1.807, 2.05) is 20.8 Å². The first-order chi connectivity index (χ1) is 8.85. The van der Waals surface area contributed by atoms with Gasteiger partial charge in [-0.1, -0.05) is 11.8 Å². The number of nitro groups is 1. The largest absolute Gasteiger partial charge is 0.464 e. The third kappa shape index (κ3) is 3.70. The predicted octanol–water partition coefficient (Wildman–Crippen LogP) is 3.55. The van der Waals surface area contributed by atoms with Gasteiger partial charge in [0.1, 0.15) is 6.10 Å². The first-order valence-corrected chi connectivity index (χ1v) is 6.97. The van der Waals surface area contributed by atoms with Gasteiger partial charge in [-0.25, -0.2) is 4.99 Å². The van der Waals surface area contributed by atoms with Crippen LogP contribution in [0.2, 0.25) is 0 Å². The average Bonchev–Trinajstić information content (AvgIpc) is 2.75. The van der Waals surface area contributed by atoms with Crippen LogP contribution in [0.4, 0.5) is 5.69 Å². The molecule has 0 spiro atoms. The number of nitro benzene ring substituents is 1. The first kappa shape index (κ1) is 13.9. The lowest BCUT2D eigenvalue weighted by Gasteiger charge is -2.14.